The molecule has 0 saturated carbocycles. The summed E-state index contributed by atoms with van der Waals surface area (Å²) in [6, 6.07) is 85.0. The van der Waals surface area contributed by atoms with Crippen LogP contribution >= 0.6 is 0 Å². The number of rotatable bonds is 7. The van der Waals surface area contributed by atoms with Crippen LogP contribution in [-0.2, 0) is 0 Å². The highest BCUT2D eigenvalue weighted by Gasteiger charge is 2.41. The van der Waals surface area contributed by atoms with Crippen molar-refractivity contribution in [3.05, 3.63) is 231 Å². The van der Waals surface area contributed by atoms with Crippen molar-refractivity contribution in [2.45, 2.75) is 0 Å². The summed E-state index contributed by atoms with van der Waals surface area (Å²) in [6.07, 6.45) is 0. The van der Waals surface area contributed by atoms with Crippen LogP contribution in [-0.4, -0.2) is 17.2 Å². The molecule has 0 spiro atoms. The van der Waals surface area contributed by atoms with E-state index in [1.54, 1.807) is 0 Å². The number of benzene rings is 9. The van der Waals surface area contributed by atoms with Gasteiger partial charge in [0.05, 0.1) is 27.8 Å². The van der Waals surface area contributed by atoms with Crippen molar-refractivity contribution in [2.75, 3.05) is 0 Å². The molecule has 0 aliphatic carbocycles. The number of aromatic nitrogens is 2. The lowest BCUT2D eigenvalue weighted by atomic mass is 10.0. The van der Waals surface area contributed by atoms with Crippen molar-refractivity contribution in [3.63, 3.8) is 0 Å². The van der Waals surface area contributed by atoms with Gasteiger partial charge in [-0.05, 0) is 62.7 Å². The predicted molar refractivity (Wildman–Crippen MR) is 244 cm³/mol. The molecule has 0 saturated heterocycles. The summed E-state index contributed by atoms with van der Waals surface area (Å²) in [5, 5.41) is 10.5. The van der Waals surface area contributed by atoms with Crippen LogP contribution in [0.4, 0.5) is 0 Å². The van der Waals surface area contributed by atoms with Gasteiger partial charge < -0.3 is 9.13 Å². The van der Waals surface area contributed by atoms with Gasteiger partial charge in [-0.2, -0.15) is 0 Å². The fourth-order valence-corrected chi connectivity index (χ4v) is 14.2. The van der Waals surface area contributed by atoms with E-state index in [-0.39, 0.29) is 0 Å². The van der Waals surface area contributed by atoms with Crippen LogP contribution in [0.5, 0.6) is 0 Å². The fourth-order valence-electron chi connectivity index (χ4n) is 9.49. The molecule has 0 atom stereocenters. The lowest BCUT2D eigenvalue weighted by Gasteiger charge is -2.34. The van der Waals surface area contributed by atoms with Crippen molar-refractivity contribution < 1.29 is 0 Å². The highest BCUT2D eigenvalue weighted by Crippen LogP contribution is 2.43. The van der Waals surface area contributed by atoms with Gasteiger partial charge in [0.25, 0.3) is 0 Å². The Kier molecular flexibility index (Phi) is 7.87. The quantitative estimate of drug-likeness (QED) is 0.114. The Balaban J connectivity index is 1.14. The molecule has 0 N–H and O–H groups in total. The molecule has 2 aromatic heterocycles. The summed E-state index contributed by atoms with van der Waals surface area (Å²) >= 11 is 0. The van der Waals surface area contributed by atoms with E-state index in [9.17, 15) is 0 Å². The van der Waals surface area contributed by atoms with Crippen molar-refractivity contribution in [1.29, 1.82) is 0 Å². The van der Waals surface area contributed by atoms with E-state index in [1.807, 2.05) is 0 Å². The van der Waals surface area contributed by atoms with Crippen LogP contribution < -0.4 is 20.7 Å². The number of hydrogen-bond acceptors (Lipinski definition) is 0. The minimum atomic E-state index is -2.64. The van der Waals surface area contributed by atoms with E-state index in [0.29, 0.717) is 0 Å². The summed E-state index contributed by atoms with van der Waals surface area (Å²) in [5.41, 5.74) is 9.54. The van der Waals surface area contributed by atoms with Gasteiger partial charge in [0.15, 0.2) is 8.07 Å². The molecule has 0 radical (unpaired) electrons. The first-order valence-corrected chi connectivity index (χ1v) is 21.7. The van der Waals surface area contributed by atoms with Gasteiger partial charge in [-0.25, -0.2) is 0 Å². The van der Waals surface area contributed by atoms with Gasteiger partial charge in [-0.1, -0.05) is 194 Å². The van der Waals surface area contributed by atoms with Crippen molar-refractivity contribution in [3.8, 4) is 22.5 Å². The first-order valence-electron chi connectivity index (χ1n) is 19.7. The maximum Gasteiger partial charge on any atom is 0.179 e. The number of para-hydroxylation sites is 4. The Labute approximate surface area is 333 Å². The number of hydrogen-bond donors (Lipinski definition) is 0. The molecule has 2 heterocycles. The summed E-state index contributed by atoms with van der Waals surface area (Å²) < 4.78 is 4.94. The average Bonchev–Trinajstić information content (AvgIpc) is 3.81. The van der Waals surface area contributed by atoms with Crippen molar-refractivity contribution >= 4 is 72.4 Å². The summed E-state index contributed by atoms with van der Waals surface area (Å²) in [4.78, 5) is 0. The third-order valence-electron chi connectivity index (χ3n) is 11.9. The standard InChI is InChI=1S/C54H38N2Si/c1-5-19-40(20-6-1)55-50-31-17-14-28-46(50)47-37-38-52-53(54(47)55)48-29-15-18-32-51(48)56(52)49-30-16-13-27-45(49)39-33-35-44(36-34-39)57(41-21-7-2-8-22-41,42-23-9-3-10-24-42)43-25-11-4-12-26-43/h1-38H. The first kappa shape index (κ1) is 33.2. The molecule has 57 heavy (non-hydrogen) atoms. The normalized spacial score (nSPS) is 11.9. The fraction of sp³-hybridized carbons (Fsp3) is 0. The number of fused-ring (bicyclic) bond motifs is 7. The average molecular weight is 743 g/mol. The Morgan fingerprint density at radius 1 is 0.298 bits per heavy atom. The Hall–Kier alpha value is -7.20. The molecule has 0 aliphatic rings. The van der Waals surface area contributed by atoms with Crippen LogP contribution in [0, 0.1) is 0 Å². The molecule has 9 aromatic carbocycles. The molecule has 3 heteroatoms. The smallest absolute Gasteiger partial charge is 0.179 e. The van der Waals surface area contributed by atoms with Gasteiger partial charge in [0.1, 0.15) is 0 Å². The van der Waals surface area contributed by atoms with Crippen molar-refractivity contribution in [2.24, 2.45) is 0 Å². The van der Waals surface area contributed by atoms with E-state index >= 15 is 0 Å². The second kappa shape index (κ2) is 13.5. The minimum absolute atomic E-state index is 1.16. The third-order valence-corrected chi connectivity index (χ3v) is 16.7. The first-order chi connectivity index (χ1) is 28.3. The van der Waals surface area contributed by atoms with E-state index in [0.717, 1.165) is 11.4 Å². The molecule has 11 rings (SSSR count). The van der Waals surface area contributed by atoms with Gasteiger partial charge in [0, 0.05) is 32.8 Å². The maximum atomic E-state index is 2.48. The van der Waals surface area contributed by atoms with E-state index < -0.39 is 8.07 Å². The second-order valence-electron chi connectivity index (χ2n) is 14.8. The zero-order chi connectivity index (χ0) is 37.8. The molecule has 0 unspecified atom stereocenters. The molecule has 2 nitrogen and oxygen atoms in total. The molecule has 0 aliphatic heterocycles. The molecular formula is C54H38N2Si. The van der Waals surface area contributed by atoms with Crippen LogP contribution in [0.2, 0.25) is 0 Å². The summed E-state index contributed by atoms with van der Waals surface area (Å²) in [7, 11) is -2.64. The topological polar surface area (TPSA) is 9.86 Å². The molecule has 0 amide bonds. The van der Waals surface area contributed by atoms with Gasteiger partial charge in [-0.15, -0.1) is 0 Å². The molecular weight excluding hydrogens is 705 g/mol. The molecule has 0 bridgehead atoms. The van der Waals surface area contributed by atoms with Gasteiger partial charge in [-0.3, -0.25) is 0 Å². The predicted octanol–water partition coefficient (Wildman–Crippen LogP) is 10.9. The van der Waals surface area contributed by atoms with Crippen LogP contribution in [0.1, 0.15) is 0 Å². The summed E-state index contributed by atoms with van der Waals surface area (Å²) in [6.45, 7) is 0. The molecule has 0 fully saturated rings. The lowest BCUT2D eigenvalue weighted by Crippen LogP contribution is -2.74. The second-order valence-corrected chi connectivity index (χ2v) is 18.6. The Morgan fingerprint density at radius 2 is 0.772 bits per heavy atom. The van der Waals surface area contributed by atoms with Gasteiger partial charge >= 0.3 is 0 Å². The van der Waals surface area contributed by atoms with Gasteiger partial charge in [0.2, 0.25) is 0 Å². The zero-order valence-corrected chi connectivity index (χ0v) is 32.3. The molecule has 268 valence electrons. The lowest BCUT2D eigenvalue weighted by molar-refractivity contribution is 1.17. The van der Waals surface area contributed by atoms with E-state index in [1.165, 1.54) is 75.5 Å². The highest BCUT2D eigenvalue weighted by atomic mass is 28.3. The van der Waals surface area contributed by atoms with Crippen LogP contribution in [0.3, 0.4) is 0 Å². The minimum Gasteiger partial charge on any atom is -0.309 e. The Morgan fingerprint density at radius 3 is 1.39 bits per heavy atom. The third kappa shape index (κ3) is 5.10. The Bertz CT molecular complexity index is 3100. The number of nitrogens with zero attached hydrogens (tertiary/aromatic N) is 2. The van der Waals surface area contributed by atoms with E-state index in [4.69, 9.17) is 0 Å². The van der Waals surface area contributed by atoms with Crippen LogP contribution in [0.25, 0.3) is 66.1 Å². The summed E-state index contributed by atoms with van der Waals surface area (Å²) in [5.74, 6) is 0. The highest BCUT2D eigenvalue weighted by molar-refractivity contribution is 7.19. The zero-order valence-electron chi connectivity index (χ0n) is 31.3. The van der Waals surface area contributed by atoms with Crippen molar-refractivity contribution in [1.82, 2.24) is 9.13 Å². The monoisotopic (exact) mass is 742 g/mol. The molecule has 11 aromatic rings. The SMILES string of the molecule is c1ccc(-n2c3ccccc3c3ccc4c(c5ccccc5n4-c4ccccc4-c4ccc([Si](c5ccccc5)(c5ccccc5)c5ccccc5)cc4)c32)cc1. The van der Waals surface area contributed by atoms with Crippen LogP contribution in [0.15, 0.2) is 231 Å². The largest absolute Gasteiger partial charge is 0.309 e. The van der Waals surface area contributed by atoms with E-state index in [2.05, 4.69) is 240 Å². The maximum absolute atomic E-state index is 2.64.